The molecule has 5 heteroatoms. The molecular weight excluding hydrogens is 342 g/mol. The lowest BCUT2D eigenvalue weighted by atomic mass is 9.89. The van der Waals surface area contributed by atoms with Crippen molar-refractivity contribution in [1.82, 2.24) is 5.32 Å². The predicted molar refractivity (Wildman–Crippen MR) is 83.1 cm³/mol. The number of rotatable bonds is 3. The smallest absolute Gasteiger partial charge is 0.0840 e. The highest BCUT2D eigenvalue weighted by atomic mass is 79.9. The number of ether oxygens (including phenoxy) is 2. The summed E-state index contributed by atoms with van der Waals surface area (Å²) in [7, 11) is 0. The highest BCUT2D eigenvalue weighted by molar-refractivity contribution is 9.10. The van der Waals surface area contributed by atoms with Crippen molar-refractivity contribution >= 4 is 27.5 Å². The largest absolute Gasteiger partial charge is 0.372 e. The van der Waals surface area contributed by atoms with E-state index in [4.69, 9.17) is 21.1 Å². The van der Waals surface area contributed by atoms with E-state index in [1.165, 1.54) is 0 Å². The van der Waals surface area contributed by atoms with Gasteiger partial charge in [0, 0.05) is 15.9 Å². The van der Waals surface area contributed by atoms with Crippen LogP contribution in [0.25, 0.3) is 0 Å². The molecule has 1 atom stereocenters. The van der Waals surface area contributed by atoms with Gasteiger partial charge in [0.25, 0.3) is 0 Å². The molecule has 3 nitrogen and oxygen atoms in total. The summed E-state index contributed by atoms with van der Waals surface area (Å²) in [6, 6.07) is 5.90. The van der Waals surface area contributed by atoms with Gasteiger partial charge in [0.05, 0.1) is 24.9 Å². The Kier molecular flexibility index (Phi) is 4.68. The molecule has 1 aromatic carbocycles. The average Bonchev–Trinajstić information content (AvgIpc) is 2.82. The zero-order chi connectivity index (χ0) is 14.0. The highest BCUT2D eigenvalue weighted by Gasteiger charge is 2.41. The first-order chi connectivity index (χ1) is 9.67. The molecule has 1 unspecified atom stereocenters. The van der Waals surface area contributed by atoms with E-state index in [-0.39, 0.29) is 11.7 Å². The summed E-state index contributed by atoms with van der Waals surface area (Å²) in [4.78, 5) is 0. The second kappa shape index (κ2) is 6.32. The van der Waals surface area contributed by atoms with Gasteiger partial charge in [-0.05, 0) is 43.6 Å². The molecule has 20 heavy (non-hydrogen) atoms. The first-order valence-corrected chi connectivity index (χ1v) is 8.24. The van der Waals surface area contributed by atoms with Crippen LogP contribution in [0.15, 0.2) is 22.7 Å². The molecule has 0 radical (unpaired) electrons. The molecule has 0 bridgehead atoms. The third kappa shape index (κ3) is 3.37. The monoisotopic (exact) mass is 359 g/mol. The Hall–Kier alpha value is -0.130. The van der Waals surface area contributed by atoms with E-state index in [0.29, 0.717) is 13.2 Å². The SMILES string of the molecule is Clc1cc(Br)ccc1COC1COC2(CCNCC2)C1. The minimum atomic E-state index is 0.0550. The first-order valence-electron chi connectivity index (χ1n) is 7.07. The van der Waals surface area contributed by atoms with Crippen molar-refractivity contribution < 1.29 is 9.47 Å². The van der Waals surface area contributed by atoms with Crippen LogP contribution in [0.3, 0.4) is 0 Å². The molecule has 110 valence electrons. The van der Waals surface area contributed by atoms with Gasteiger partial charge in [-0.25, -0.2) is 0 Å². The summed E-state index contributed by atoms with van der Waals surface area (Å²) in [5, 5.41) is 4.12. The lowest BCUT2D eigenvalue weighted by Gasteiger charge is -2.32. The number of piperidine rings is 1. The van der Waals surface area contributed by atoms with Crippen LogP contribution in [-0.2, 0) is 16.1 Å². The Morgan fingerprint density at radius 1 is 1.40 bits per heavy atom. The topological polar surface area (TPSA) is 30.5 Å². The fraction of sp³-hybridized carbons (Fsp3) is 0.600. The lowest BCUT2D eigenvalue weighted by molar-refractivity contribution is -0.0240. The summed E-state index contributed by atoms with van der Waals surface area (Å²) >= 11 is 9.62. The summed E-state index contributed by atoms with van der Waals surface area (Å²) < 4.78 is 13.0. The molecule has 0 aliphatic carbocycles. The van der Waals surface area contributed by atoms with E-state index >= 15 is 0 Å². The molecule has 2 saturated heterocycles. The Labute approximate surface area is 133 Å². The fourth-order valence-corrected chi connectivity index (χ4v) is 3.71. The van der Waals surface area contributed by atoms with Crippen LogP contribution < -0.4 is 5.32 Å². The summed E-state index contributed by atoms with van der Waals surface area (Å²) in [6.45, 7) is 3.35. The molecular formula is C15H19BrClNO2. The molecule has 0 amide bonds. The van der Waals surface area contributed by atoms with E-state index < -0.39 is 0 Å². The van der Waals surface area contributed by atoms with E-state index in [9.17, 15) is 0 Å². The predicted octanol–water partition coefficient (Wildman–Crippen LogP) is 3.53. The third-order valence-electron chi connectivity index (χ3n) is 4.18. The molecule has 1 aromatic rings. The van der Waals surface area contributed by atoms with Gasteiger partial charge >= 0.3 is 0 Å². The molecule has 2 aliphatic rings. The molecule has 1 spiro atoms. The summed E-state index contributed by atoms with van der Waals surface area (Å²) in [5.41, 5.74) is 1.08. The molecule has 0 saturated carbocycles. The van der Waals surface area contributed by atoms with Crippen molar-refractivity contribution in [3.05, 3.63) is 33.3 Å². The van der Waals surface area contributed by atoms with Gasteiger partial charge in [0.1, 0.15) is 0 Å². The van der Waals surface area contributed by atoms with Crippen molar-refractivity contribution in [2.24, 2.45) is 0 Å². The van der Waals surface area contributed by atoms with Crippen LogP contribution in [0.4, 0.5) is 0 Å². The molecule has 2 aliphatic heterocycles. The molecule has 2 fully saturated rings. The second-order valence-electron chi connectivity index (χ2n) is 5.62. The Morgan fingerprint density at radius 2 is 2.20 bits per heavy atom. The maximum Gasteiger partial charge on any atom is 0.0840 e. The van der Waals surface area contributed by atoms with Gasteiger partial charge in [-0.3, -0.25) is 0 Å². The van der Waals surface area contributed by atoms with Crippen molar-refractivity contribution in [1.29, 1.82) is 0 Å². The van der Waals surface area contributed by atoms with Gasteiger partial charge in [-0.2, -0.15) is 0 Å². The van der Waals surface area contributed by atoms with Crippen molar-refractivity contribution in [3.63, 3.8) is 0 Å². The molecule has 3 rings (SSSR count). The molecule has 1 N–H and O–H groups in total. The standard InChI is InChI=1S/C15H19BrClNO2/c16-12-2-1-11(14(17)7-12)9-19-13-8-15(20-10-13)3-5-18-6-4-15/h1-2,7,13,18H,3-6,8-10H2. The minimum absolute atomic E-state index is 0.0550. The van der Waals surface area contributed by atoms with E-state index in [2.05, 4.69) is 21.2 Å². The maximum atomic E-state index is 6.21. The number of nitrogens with one attached hydrogen (secondary N) is 1. The van der Waals surface area contributed by atoms with Crippen molar-refractivity contribution in [3.8, 4) is 0 Å². The van der Waals surface area contributed by atoms with E-state index in [0.717, 1.165) is 47.4 Å². The van der Waals surface area contributed by atoms with E-state index in [1.54, 1.807) is 0 Å². The number of halogens is 2. The van der Waals surface area contributed by atoms with Crippen LogP contribution in [0.2, 0.25) is 5.02 Å². The summed E-state index contributed by atoms with van der Waals surface area (Å²) in [6.07, 6.45) is 3.37. The Bertz CT molecular complexity index is 477. The van der Waals surface area contributed by atoms with Crippen LogP contribution in [0.5, 0.6) is 0 Å². The van der Waals surface area contributed by atoms with Crippen LogP contribution in [0.1, 0.15) is 24.8 Å². The minimum Gasteiger partial charge on any atom is -0.372 e. The molecule has 2 heterocycles. The highest BCUT2D eigenvalue weighted by Crippen LogP contribution is 2.35. The number of benzene rings is 1. The zero-order valence-corrected chi connectivity index (χ0v) is 13.7. The second-order valence-corrected chi connectivity index (χ2v) is 6.94. The van der Waals surface area contributed by atoms with E-state index in [1.807, 2.05) is 18.2 Å². The normalized spacial score (nSPS) is 25.2. The Morgan fingerprint density at radius 3 is 2.95 bits per heavy atom. The quantitative estimate of drug-likeness (QED) is 0.894. The molecule has 0 aromatic heterocycles. The van der Waals surface area contributed by atoms with Crippen LogP contribution in [-0.4, -0.2) is 31.4 Å². The Balaban J connectivity index is 1.54. The third-order valence-corrected chi connectivity index (χ3v) is 5.02. The fourth-order valence-electron chi connectivity index (χ4n) is 2.99. The lowest BCUT2D eigenvalue weighted by Crippen LogP contribution is -2.41. The average molecular weight is 361 g/mol. The van der Waals surface area contributed by atoms with Gasteiger partial charge in [-0.1, -0.05) is 33.6 Å². The van der Waals surface area contributed by atoms with Crippen LogP contribution >= 0.6 is 27.5 Å². The van der Waals surface area contributed by atoms with Gasteiger partial charge in [0.2, 0.25) is 0 Å². The van der Waals surface area contributed by atoms with Crippen LogP contribution in [0, 0.1) is 0 Å². The maximum absolute atomic E-state index is 6.21. The van der Waals surface area contributed by atoms with Gasteiger partial charge in [0.15, 0.2) is 0 Å². The number of hydrogen-bond donors (Lipinski definition) is 1. The van der Waals surface area contributed by atoms with Gasteiger partial charge < -0.3 is 14.8 Å². The zero-order valence-electron chi connectivity index (χ0n) is 11.3. The van der Waals surface area contributed by atoms with Gasteiger partial charge in [-0.15, -0.1) is 0 Å². The number of hydrogen-bond acceptors (Lipinski definition) is 3. The summed E-state index contributed by atoms with van der Waals surface area (Å²) in [5.74, 6) is 0. The first kappa shape index (κ1) is 14.8. The van der Waals surface area contributed by atoms with Crippen molar-refractivity contribution in [2.45, 2.75) is 37.6 Å². The van der Waals surface area contributed by atoms with Crippen molar-refractivity contribution in [2.75, 3.05) is 19.7 Å².